The standard InChI is InChI=1S/C24H27N3O2S/c1-2-3-15-29-21-8-6-7-18(16-21)22(28)27-23(30)26-20-11-9-19(10-12-20)24(17-25)13-4-5-14-24/h6-12,16H,2-5,13-15H2,1H3,(H2,26,27,28,30). The molecule has 0 spiro atoms. The lowest BCUT2D eigenvalue weighted by atomic mass is 9.80. The van der Waals surface area contributed by atoms with Gasteiger partial charge < -0.3 is 10.1 Å². The van der Waals surface area contributed by atoms with Crippen molar-refractivity contribution in [2.45, 2.75) is 50.9 Å². The molecule has 0 heterocycles. The second kappa shape index (κ2) is 10.2. The van der Waals surface area contributed by atoms with E-state index in [2.05, 4.69) is 23.6 Å². The summed E-state index contributed by atoms with van der Waals surface area (Å²) < 4.78 is 5.66. The SMILES string of the molecule is CCCCOc1cccc(C(=O)NC(=S)Nc2ccc(C3(C#N)CCCC3)cc2)c1. The fourth-order valence-corrected chi connectivity index (χ4v) is 3.93. The molecule has 0 unspecified atom stereocenters. The average Bonchev–Trinajstić information content (AvgIpc) is 3.25. The van der Waals surface area contributed by atoms with E-state index in [4.69, 9.17) is 17.0 Å². The number of unbranched alkanes of at least 4 members (excludes halogenated alkanes) is 1. The summed E-state index contributed by atoms with van der Waals surface area (Å²) >= 11 is 5.29. The molecule has 2 aromatic rings. The molecule has 30 heavy (non-hydrogen) atoms. The van der Waals surface area contributed by atoms with Gasteiger partial charge in [0.25, 0.3) is 5.91 Å². The molecule has 2 aromatic carbocycles. The number of amides is 1. The number of nitrogens with one attached hydrogen (secondary N) is 2. The van der Waals surface area contributed by atoms with Crippen LogP contribution in [-0.4, -0.2) is 17.6 Å². The number of hydrogen-bond acceptors (Lipinski definition) is 4. The predicted octanol–water partition coefficient (Wildman–Crippen LogP) is 5.33. The van der Waals surface area contributed by atoms with Gasteiger partial charge in [0.2, 0.25) is 0 Å². The number of carbonyl (C=O) groups is 1. The molecule has 0 aromatic heterocycles. The van der Waals surface area contributed by atoms with Crippen LogP contribution in [0.5, 0.6) is 5.75 Å². The second-order valence-corrected chi connectivity index (χ2v) is 8.02. The maximum absolute atomic E-state index is 12.5. The van der Waals surface area contributed by atoms with Crippen molar-refractivity contribution in [1.82, 2.24) is 5.32 Å². The zero-order chi connectivity index (χ0) is 21.4. The van der Waals surface area contributed by atoms with Gasteiger partial charge in [0, 0.05) is 11.3 Å². The van der Waals surface area contributed by atoms with E-state index in [1.54, 1.807) is 18.2 Å². The molecule has 2 N–H and O–H groups in total. The maximum Gasteiger partial charge on any atom is 0.257 e. The van der Waals surface area contributed by atoms with Gasteiger partial charge in [-0.3, -0.25) is 10.1 Å². The highest BCUT2D eigenvalue weighted by Crippen LogP contribution is 2.40. The molecule has 5 nitrogen and oxygen atoms in total. The molecular weight excluding hydrogens is 394 g/mol. The van der Waals surface area contributed by atoms with Crippen LogP contribution in [0.15, 0.2) is 48.5 Å². The Kier molecular flexibility index (Phi) is 7.42. The van der Waals surface area contributed by atoms with Crippen molar-refractivity contribution in [3.05, 3.63) is 59.7 Å². The molecule has 1 saturated carbocycles. The molecule has 1 aliphatic carbocycles. The molecule has 3 rings (SSSR count). The summed E-state index contributed by atoms with van der Waals surface area (Å²) in [6, 6.07) is 17.3. The van der Waals surface area contributed by atoms with Gasteiger partial charge in [0.1, 0.15) is 5.75 Å². The summed E-state index contributed by atoms with van der Waals surface area (Å²) in [6.45, 7) is 2.73. The number of benzene rings is 2. The van der Waals surface area contributed by atoms with E-state index in [1.165, 1.54) is 0 Å². The van der Waals surface area contributed by atoms with E-state index in [1.807, 2.05) is 30.3 Å². The van der Waals surface area contributed by atoms with Crippen LogP contribution in [0.4, 0.5) is 5.69 Å². The quantitative estimate of drug-likeness (QED) is 0.467. The summed E-state index contributed by atoms with van der Waals surface area (Å²) in [4.78, 5) is 12.5. The third-order valence-electron chi connectivity index (χ3n) is 5.46. The van der Waals surface area contributed by atoms with E-state index in [9.17, 15) is 10.1 Å². The van der Waals surface area contributed by atoms with E-state index in [0.717, 1.165) is 49.8 Å². The van der Waals surface area contributed by atoms with Crippen molar-refractivity contribution in [3.8, 4) is 11.8 Å². The van der Waals surface area contributed by atoms with E-state index in [-0.39, 0.29) is 16.4 Å². The number of nitriles is 1. The van der Waals surface area contributed by atoms with Gasteiger partial charge in [-0.25, -0.2) is 0 Å². The van der Waals surface area contributed by atoms with E-state index in [0.29, 0.717) is 17.9 Å². The molecule has 0 atom stereocenters. The van der Waals surface area contributed by atoms with Gasteiger partial charge in [-0.05, 0) is 67.4 Å². The highest BCUT2D eigenvalue weighted by Gasteiger charge is 2.35. The molecule has 6 heteroatoms. The van der Waals surface area contributed by atoms with Crippen molar-refractivity contribution >= 4 is 28.9 Å². The van der Waals surface area contributed by atoms with E-state index >= 15 is 0 Å². The van der Waals surface area contributed by atoms with Gasteiger partial charge in [0.15, 0.2) is 5.11 Å². The van der Waals surface area contributed by atoms with Crippen molar-refractivity contribution in [1.29, 1.82) is 5.26 Å². The first-order valence-electron chi connectivity index (χ1n) is 10.4. The fourth-order valence-electron chi connectivity index (χ4n) is 3.72. The Labute approximate surface area is 183 Å². The Morgan fingerprint density at radius 2 is 1.93 bits per heavy atom. The monoisotopic (exact) mass is 421 g/mol. The van der Waals surface area contributed by atoms with Crippen molar-refractivity contribution in [3.63, 3.8) is 0 Å². The minimum absolute atomic E-state index is 0.223. The van der Waals surface area contributed by atoms with Crippen molar-refractivity contribution < 1.29 is 9.53 Å². The van der Waals surface area contributed by atoms with Gasteiger partial charge in [-0.15, -0.1) is 0 Å². The first-order valence-corrected chi connectivity index (χ1v) is 10.8. The summed E-state index contributed by atoms with van der Waals surface area (Å²) in [7, 11) is 0. The number of rotatable bonds is 7. The predicted molar refractivity (Wildman–Crippen MR) is 123 cm³/mol. The zero-order valence-electron chi connectivity index (χ0n) is 17.2. The van der Waals surface area contributed by atoms with Crippen LogP contribution in [-0.2, 0) is 5.41 Å². The molecule has 0 bridgehead atoms. The molecule has 1 amide bonds. The van der Waals surface area contributed by atoms with Crippen LogP contribution in [0.2, 0.25) is 0 Å². The highest BCUT2D eigenvalue weighted by molar-refractivity contribution is 7.80. The lowest BCUT2D eigenvalue weighted by Crippen LogP contribution is -2.34. The third kappa shape index (κ3) is 5.37. The molecular formula is C24H27N3O2S. The molecule has 156 valence electrons. The number of carbonyl (C=O) groups excluding carboxylic acids is 1. The average molecular weight is 422 g/mol. The summed E-state index contributed by atoms with van der Waals surface area (Å²) in [5.74, 6) is 0.378. The Morgan fingerprint density at radius 1 is 1.20 bits per heavy atom. The fraction of sp³-hybridized carbons (Fsp3) is 0.375. The van der Waals surface area contributed by atoms with Crippen LogP contribution in [0.1, 0.15) is 61.4 Å². The lowest BCUT2D eigenvalue weighted by molar-refractivity contribution is 0.0977. The van der Waals surface area contributed by atoms with Crippen LogP contribution in [0, 0.1) is 11.3 Å². The van der Waals surface area contributed by atoms with Crippen molar-refractivity contribution in [2.24, 2.45) is 0 Å². The van der Waals surface area contributed by atoms with Crippen LogP contribution >= 0.6 is 12.2 Å². The van der Waals surface area contributed by atoms with Gasteiger partial charge in [-0.2, -0.15) is 5.26 Å². The largest absolute Gasteiger partial charge is 0.494 e. The number of ether oxygens (including phenoxy) is 1. The molecule has 0 saturated heterocycles. The topological polar surface area (TPSA) is 74.2 Å². The van der Waals surface area contributed by atoms with Gasteiger partial charge in [-0.1, -0.05) is 44.4 Å². The van der Waals surface area contributed by atoms with Crippen LogP contribution in [0.3, 0.4) is 0 Å². The Morgan fingerprint density at radius 3 is 2.60 bits per heavy atom. The van der Waals surface area contributed by atoms with Crippen LogP contribution < -0.4 is 15.4 Å². The zero-order valence-corrected chi connectivity index (χ0v) is 18.1. The summed E-state index contributed by atoms with van der Waals surface area (Å²) in [6.07, 6.45) is 6.03. The minimum atomic E-state index is -0.364. The smallest absolute Gasteiger partial charge is 0.257 e. The summed E-state index contributed by atoms with van der Waals surface area (Å²) in [5, 5.41) is 15.6. The highest BCUT2D eigenvalue weighted by atomic mass is 32.1. The first-order chi connectivity index (χ1) is 14.6. The second-order valence-electron chi connectivity index (χ2n) is 7.62. The Balaban J connectivity index is 1.57. The third-order valence-corrected chi connectivity index (χ3v) is 5.66. The minimum Gasteiger partial charge on any atom is -0.494 e. The number of thiocarbonyl (C=S) groups is 1. The van der Waals surface area contributed by atoms with Gasteiger partial charge >= 0.3 is 0 Å². The number of nitrogens with zero attached hydrogens (tertiary/aromatic N) is 1. The molecule has 1 fully saturated rings. The molecule has 0 radical (unpaired) electrons. The Bertz CT molecular complexity index is 928. The number of hydrogen-bond donors (Lipinski definition) is 2. The molecule has 1 aliphatic rings. The number of anilines is 1. The lowest BCUT2D eigenvalue weighted by Gasteiger charge is -2.21. The van der Waals surface area contributed by atoms with Crippen molar-refractivity contribution in [2.75, 3.05) is 11.9 Å². The molecule has 0 aliphatic heterocycles. The van der Waals surface area contributed by atoms with E-state index < -0.39 is 0 Å². The first kappa shape index (κ1) is 21.8. The maximum atomic E-state index is 12.5. The van der Waals surface area contributed by atoms with Crippen LogP contribution in [0.25, 0.3) is 0 Å². The summed E-state index contributed by atoms with van der Waals surface area (Å²) in [5.41, 5.74) is 1.94. The normalized spacial score (nSPS) is 14.5. The van der Waals surface area contributed by atoms with Gasteiger partial charge in [0.05, 0.1) is 18.1 Å². The Hall–Kier alpha value is -2.91.